The fourth-order valence-corrected chi connectivity index (χ4v) is 2.47. The lowest BCUT2D eigenvalue weighted by atomic mass is 9.99. The van der Waals surface area contributed by atoms with Crippen molar-refractivity contribution >= 4 is 11.6 Å². The Kier molecular flexibility index (Phi) is 5.71. The Morgan fingerprint density at radius 2 is 2.14 bits per heavy atom. The molecule has 1 heterocycles. The quantitative estimate of drug-likeness (QED) is 0.852. The highest BCUT2D eigenvalue weighted by molar-refractivity contribution is 6.30. The predicted molar refractivity (Wildman–Crippen MR) is 85.1 cm³/mol. The van der Waals surface area contributed by atoms with Gasteiger partial charge < -0.3 is 5.32 Å². The number of pyridine rings is 1. The van der Waals surface area contributed by atoms with Crippen LogP contribution in [0.4, 0.5) is 4.39 Å². The van der Waals surface area contributed by atoms with Crippen LogP contribution >= 0.6 is 11.6 Å². The Morgan fingerprint density at radius 3 is 2.81 bits per heavy atom. The maximum Gasteiger partial charge on any atom is 0.142 e. The predicted octanol–water partition coefficient (Wildman–Crippen LogP) is 4.47. The second-order valence-electron chi connectivity index (χ2n) is 5.16. The van der Waals surface area contributed by atoms with Crippen molar-refractivity contribution in [1.82, 2.24) is 10.3 Å². The lowest BCUT2D eigenvalue weighted by Crippen LogP contribution is -2.25. The molecular formula is C17H20ClFN2. The molecule has 2 aromatic rings. The van der Waals surface area contributed by atoms with Gasteiger partial charge in [0.2, 0.25) is 0 Å². The third kappa shape index (κ3) is 4.26. The van der Waals surface area contributed by atoms with Crippen LogP contribution in [0.3, 0.4) is 0 Å². The average molecular weight is 307 g/mol. The fraction of sp³-hybridized carbons (Fsp3) is 0.353. The van der Waals surface area contributed by atoms with Crippen molar-refractivity contribution in [3.63, 3.8) is 0 Å². The van der Waals surface area contributed by atoms with E-state index in [2.05, 4.69) is 17.2 Å². The third-order valence-electron chi connectivity index (χ3n) is 3.44. The number of nitrogens with one attached hydrogen (secondary N) is 1. The van der Waals surface area contributed by atoms with Gasteiger partial charge in [-0.05, 0) is 55.6 Å². The first-order valence-corrected chi connectivity index (χ1v) is 7.58. The SMILES string of the molecule is CCCNC(Cc1ccc(Cl)c(F)c1)c1ncccc1C. The first-order chi connectivity index (χ1) is 10.1. The van der Waals surface area contributed by atoms with Gasteiger partial charge in [-0.2, -0.15) is 0 Å². The van der Waals surface area contributed by atoms with Crippen molar-refractivity contribution in [2.24, 2.45) is 0 Å². The van der Waals surface area contributed by atoms with Crippen molar-refractivity contribution in [2.75, 3.05) is 6.54 Å². The van der Waals surface area contributed by atoms with E-state index in [1.165, 1.54) is 6.07 Å². The maximum atomic E-state index is 13.6. The van der Waals surface area contributed by atoms with Gasteiger partial charge in [0.25, 0.3) is 0 Å². The summed E-state index contributed by atoms with van der Waals surface area (Å²) in [6.07, 6.45) is 3.52. The topological polar surface area (TPSA) is 24.9 Å². The number of benzene rings is 1. The van der Waals surface area contributed by atoms with Crippen LogP contribution in [0, 0.1) is 12.7 Å². The van der Waals surface area contributed by atoms with Gasteiger partial charge in [0, 0.05) is 6.20 Å². The summed E-state index contributed by atoms with van der Waals surface area (Å²) in [6.45, 7) is 5.07. The van der Waals surface area contributed by atoms with Gasteiger partial charge in [-0.1, -0.05) is 30.7 Å². The van der Waals surface area contributed by atoms with E-state index in [1.54, 1.807) is 12.3 Å². The minimum Gasteiger partial charge on any atom is -0.308 e. The second-order valence-corrected chi connectivity index (χ2v) is 5.57. The van der Waals surface area contributed by atoms with Crippen LogP contribution in [0.1, 0.15) is 36.2 Å². The van der Waals surface area contributed by atoms with Crippen molar-refractivity contribution in [1.29, 1.82) is 0 Å². The van der Waals surface area contributed by atoms with Gasteiger partial charge in [0.05, 0.1) is 16.8 Å². The van der Waals surface area contributed by atoms with Crippen LogP contribution in [-0.2, 0) is 6.42 Å². The number of aromatic nitrogens is 1. The van der Waals surface area contributed by atoms with E-state index in [1.807, 2.05) is 25.1 Å². The molecule has 0 saturated carbocycles. The minimum absolute atomic E-state index is 0.0757. The Balaban J connectivity index is 2.24. The van der Waals surface area contributed by atoms with Crippen LogP contribution in [0.25, 0.3) is 0 Å². The zero-order valence-corrected chi connectivity index (χ0v) is 13.1. The molecule has 0 spiro atoms. The molecule has 0 radical (unpaired) electrons. The van der Waals surface area contributed by atoms with Crippen molar-refractivity contribution in [2.45, 2.75) is 32.7 Å². The van der Waals surface area contributed by atoms with Crippen LogP contribution in [0.2, 0.25) is 5.02 Å². The summed E-state index contributed by atoms with van der Waals surface area (Å²) in [5.74, 6) is -0.374. The molecule has 2 rings (SSSR count). The summed E-state index contributed by atoms with van der Waals surface area (Å²) in [6, 6.07) is 9.02. The van der Waals surface area contributed by atoms with E-state index in [-0.39, 0.29) is 16.9 Å². The molecule has 112 valence electrons. The number of halogens is 2. The van der Waals surface area contributed by atoms with E-state index in [9.17, 15) is 4.39 Å². The molecule has 0 amide bonds. The van der Waals surface area contributed by atoms with E-state index >= 15 is 0 Å². The smallest absolute Gasteiger partial charge is 0.142 e. The van der Waals surface area contributed by atoms with Gasteiger partial charge in [0.15, 0.2) is 0 Å². The van der Waals surface area contributed by atoms with Crippen LogP contribution in [0.15, 0.2) is 36.5 Å². The number of nitrogens with zero attached hydrogens (tertiary/aromatic N) is 1. The number of rotatable bonds is 6. The Bertz CT molecular complexity index is 601. The lowest BCUT2D eigenvalue weighted by Gasteiger charge is -2.20. The van der Waals surface area contributed by atoms with Crippen molar-refractivity contribution < 1.29 is 4.39 Å². The molecule has 1 atom stereocenters. The maximum absolute atomic E-state index is 13.6. The minimum atomic E-state index is -0.374. The Labute approximate surface area is 130 Å². The molecule has 0 aliphatic carbocycles. The molecule has 1 N–H and O–H groups in total. The first kappa shape index (κ1) is 15.9. The largest absolute Gasteiger partial charge is 0.308 e. The molecule has 0 saturated heterocycles. The van der Waals surface area contributed by atoms with E-state index < -0.39 is 0 Å². The van der Waals surface area contributed by atoms with Gasteiger partial charge in [0.1, 0.15) is 5.82 Å². The summed E-state index contributed by atoms with van der Waals surface area (Å²) >= 11 is 5.74. The molecule has 21 heavy (non-hydrogen) atoms. The van der Waals surface area contributed by atoms with Crippen molar-refractivity contribution in [3.05, 3.63) is 64.2 Å². The van der Waals surface area contributed by atoms with Crippen LogP contribution in [0.5, 0.6) is 0 Å². The zero-order valence-electron chi connectivity index (χ0n) is 12.4. The molecule has 0 aliphatic rings. The van der Waals surface area contributed by atoms with E-state index in [0.717, 1.165) is 29.8 Å². The average Bonchev–Trinajstić information content (AvgIpc) is 2.48. The highest BCUT2D eigenvalue weighted by atomic mass is 35.5. The summed E-state index contributed by atoms with van der Waals surface area (Å²) in [4.78, 5) is 4.49. The molecule has 0 fully saturated rings. The highest BCUT2D eigenvalue weighted by Gasteiger charge is 2.15. The molecule has 4 heteroatoms. The zero-order chi connectivity index (χ0) is 15.2. The number of aryl methyl sites for hydroxylation is 1. The third-order valence-corrected chi connectivity index (χ3v) is 3.75. The number of hydrogen-bond acceptors (Lipinski definition) is 2. The first-order valence-electron chi connectivity index (χ1n) is 7.20. The number of hydrogen-bond donors (Lipinski definition) is 1. The summed E-state index contributed by atoms with van der Waals surface area (Å²) < 4.78 is 13.6. The normalized spacial score (nSPS) is 12.4. The summed E-state index contributed by atoms with van der Waals surface area (Å²) in [5, 5.41) is 3.65. The molecule has 0 bridgehead atoms. The van der Waals surface area contributed by atoms with E-state index in [4.69, 9.17) is 11.6 Å². The molecule has 1 unspecified atom stereocenters. The molecule has 2 nitrogen and oxygen atoms in total. The van der Waals surface area contributed by atoms with Gasteiger partial charge in [-0.15, -0.1) is 0 Å². The van der Waals surface area contributed by atoms with Gasteiger partial charge in [-0.25, -0.2) is 4.39 Å². The fourth-order valence-electron chi connectivity index (χ4n) is 2.35. The summed E-state index contributed by atoms with van der Waals surface area (Å²) in [7, 11) is 0. The van der Waals surface area contributed by atoms with Crippen LogP contribution < -0.4 is 5.32 Å². The van der Waals surface area contributed by atoms with E-state index in [0.29, 0.717) is 6.42 Å². The lowest BCUT2D eigenvalue weighted by molar-refractivity contribution is 0.513. The molecule has 1 aromatic heterocycles. The Morgan fingerprint density at radius 1 is 1.33 bits per heavy atom. The Hall–Kier alpha value is -1.45. The van der Waals surface area contributed by atoms with Crippen molar-refractivity contribution in [3.8, 4) is 0 Å². The molecular weight excluding hydrogens is 287 g/mol. The highest BCUT2D eigenvalue weighted by Crippen LogP contribution is 2.22. The standard InChI is InChI=1S/C17H20ClFN2/c1-3-8-20-16(17-12(2)5-4-9-21-17)11-13-6-7-14(18)15(19)10-13/h4-7,9-10,16,20H,3,8,11H2,1-2H3. The summed E-state index contributed by atoms with van der Waals surface area (Å²) in [5.41, 5.74) is 3.07. The monoisotopic (exact) mass is 306 g/mol. The van der Waals surface area contributed by atoms with Crippen LogP contribution in [-0.4, -0.2) is 11.5 Å². The molecule has 1 aromatic carbocycles. The van der Waals surface area contributed by atoms with Gasteiger partial charge >= 0.3 is 0 Å². The molecule has 0 aliphatic heterocycles. The second kappa shape index (κ2) is 7.53. The van der Waals surface area contributed by atoms with Gasteiger partial charge in [-0.3, -0.25) is 4.98 Å².